The first-order valence-corrected chi connectivity index (χ1v) is 8.80. The Labute approximate surface area is 145 Å². The summed E-state index contributed by atoms with van der Waals surface area (Å²) in [6.07, 6.45) is 0. The van der Waals surface area contributed by atoms with Gasteiger partial charge in [-0.05, 0) is 48.9 Å². The monoisotopic (exact) mass is 344 g/mol. The Kier molecular flexibility index (Phi) is 5.03. The Morgan fingerprint density at radius 1 is 1.26 bits per heavy atom. The minimum atomic E-state index is 0.0540. The lowest BCUT2D eigenvalue weighted by Gasteiger charge is -2.23. The first-order chi connectivity index (χ1) is 11.1. The Hall–Kier alpha value is -1.78. The van der Waals surface area contributed by atoms with Crippen LogP contribution in [-0.4, -0.2) is 29.8 Å². The number of carbonyl (C=O) groups excluding carboxylic acids is 1. The molecule has 0 aliphatic carbocycles. The third-order valence-corrected chi connectivity index (χ3v) is 4.83. The number of nitrogens with zero attached hydrogens (tertiary/aromatic N) is 2. The summed E-state index contributed by atoms with van der Waals surface area (Å²) in [7, 11) is 0. The third-order valence-electron chi connectivity index (χ3n) is 3.58. The fraction of sp³-hybridized carbons (Fsp3) is 0.222. The molecule has 2 aromatic carbocycles. The second-order valence-corrected chi connectivity index (χ2v) is 6.87. The average Bonchev–Trinajstić information content (AvgIpc) is 3.07. The summed E-state index contributed by atoms with van der Waals surface area (Å²) in [5.74, 6) is 1.02. The van der Waals surface area contributed by atoms with Crippen molar-refractivity contribution in [3.8, 4) is 0 Å². The molecule has 0 unspecified atom stereocenters. The molecule has 1 aliphatic heterocycles. The normalized spacial score (nSPS) is 13.7. The number of amidine groups is 1. The molecule has 0 atom stereocenters. The SMILES string of the molecule is Cc1cccc(N(CC(=O)c2ccc(Cl)cc2)C2=NCCS2)c1. The molecule has 2 aromatic rings. The van der Waals surface area contributed by atoms with Crippen LogP contribution in [0.25, 0.3) is 0 Å². The zero-order valence-corrected chi connectivity index (χ0v) is 14.4. The van der Waals surface area contributed by atoms with E-state index in [9.17, 15) is 4.79 Å². The number of aliphatic imine (C=N–C) groups is 1. The highest BCUT2D eigenvalue weighted by molar-refractivity contribution is 8.14. The molecule has 0 aromatic heterocycles. The summed E-state index contributed by atoms with van der Waals surface area (Å²) in [4.78, 5) is 19.2. The van der Waals surface area contributed by atoms with Gasteiger partial charge < -0.3 is 4.90 Å². The van der Waals surface area contributed by atoms with E-state index in [2.05, 4.69) is 11.1 Å². The predicted octanol–water partition coefficient (Wildman–Crippen LogP) is 4.44. The van der Waals surface area contributed by atoms with E-state index in [1.165, 1.54) is 0 Å². The molecule has 3 nitrogen and oxygen atoms in total. The molecule has 0 amide bonds. The number of hydrogen-bond acceptors (Lipinski definition) is 4. The van der Waals surface area contributed by atoms with Crippen LogP contribution in [0.2, 0.25) is 5.02 Å². The minimum absolute atomic E-state index is 0.0540. The first-order valence-electron chi connectivity index (χ1n) is 7.44. The lowest BCUT2D eigenvalue weighted by atomic mass is 10.1. The number of ketones is 1. The van der Waals surface area contributed by atoms with Gasteiger partial charge in [0.1, 0.15) is 0 Å². The summed E-state index contributed by atoms with van der Waals surface area (Å²) < 4.78 is 0. The van der Waals surface area contributed by atoms with Crippen LogP contribution in [0.1, 0.15) is 15.9 Å². The van der Waals surface area contributed by atoms with Crippen LogP contribution in [0.4, 0.5) is 5.69 Å². The molecule has 0 bridgehead atoms. The number of hydrogen-bond donors (Lipinski definition) is 0. The minimum Gasteiger partial charge on any atom is -0.313 e. The van der Waals surface area contributed by atoms with Crippen molar-refractivity contribution in [2.45, 2.75) is 6.92 Å². The van der Waals surface area contributed by atoms with Crippen molar-refractivity contribution in [1.82, 2.24) is 0 Å². The van der Waals surface area contributed by atoms with E-state index in [1.54, 1.807) is 36.0 Å². The summed E-state index contributed by atoms with van der Waals surface area (Å²) in [6.45, 7) is 3.13. The zero-order valence-electron chi connectivity index (χ0n) is 12.8. The highest BCUT2D eigenvalue weighted by Gasteiger charge is 2.21. The van der Waals surface area contributed by atoms with Crippen molar-refractivity contribution in [3.05, 3.63) is 64.7 Å². The van der Waals surface area contributed by atoms with Gasteiger partial charge in [-0.15, -0.1) is 0 Å². The lowest BCUT2D eigenvalue weighted by molar-refractivity contribution is 0.100. The number of rotatable bonds is 4. The largest absolute Gasteiger partial charge is 0.313 e. The molecule has 118 valence electrons. The van der Waals surface area contributed by atoms with E-state index in [-0.39, 0.29) is 12.3 Å². The molecule has 0 saturated carbocycles. The van der Waals surface area contributed by atoms with Crippen LogP contribution in [0.15, 0.2) is 53.5 Å². The first kappa shape index (κ1) is 16.1. The maximum atomic E-state index is 12.6. The van der Waals surface area contributed by atoms with E-state index < -0.39 is 0 Å². The summed E-state index contributed by atoms with van der Waals surface area (Å²) in [5, 5.41) is 1.55. The maximum absolute atomic E-state index is 12.6. The second kappa shape index (κ2) is 7.20. The standard InChI is InChI=1S/C18H17ClN2OS/c1-13-3-2-4-16(11-13)21(18-20-9-10-23-18)12-17(22)14-5-7-15(19)8-6-14/h2-8,11H,9-10,12H2,1H3. The highest BCUT2D eigenvalue weighted by Crippen LogP contribution is 2.24. The Bertz CT molecular complexity index is 743. The molecule has 1 aliphatic rings. The molecular weight excluding hydrogens is 328 g/mol. The van der Waals surface area contributed by atoms with Gasteiger partial charge in [-0.3, -0.25) is 9.79 Å². The molecule has 3 rings (SSSR count). The number of anilines is 1. The quantitative estimate of drug-likeness (QED) is 0.769. The number of Topliss-reactive ketones (excluding diaryl/α,β-unsaturated/α-hetero) is 1. The number of thioether (sulfide) groups is 1. The van der Waals surface area contributed by atoms with Gasteiger partial charge in [0, 0.05) is 22.0 Å². The van der Waals surface area contributed by atoms with Crippen molar-refractivity contribution in [2.75, 3.05) is 23.7 Å². The topological polar surface area (TPSA) is 32.7 Å². The van der Waals surface area contributed by atoms with Gasteiger partial charge in [0.15, 0.2) is 11.0 Å². The van der Waals surface area contributed by atoms with Crippen LogP contribution >= 0.6 is 23.4 Å². The van der Waals surface area contributed by atoms with E-state index >= 15 is 0 Å². The van der Waals surface area contributed by atoms with E-state index in [0.717, 1.165) is 28.7 Å². The number of benzene rings is 2. The van der Waals surface area contributed by atoms with Crippen molar-refractivity contribution < 1.29 is 4.79 Å². The molecule has 23 heavy (non-hydrogen) atoms. The molecule has 0 N–H and O–H groups in total. The fourth-order valence-corrected chi connectivity index (χ4v) is 3.42. The summed E-state index contributed by atoms with van der Waals surface area (Å²) >= 11 is 7.59. The van der Waals surface area contributed by atoms with Gasteiger partial charge in [0.2, 0.25) is 0 Å². The Morgan fingerprint density at radius 3 is 2.70 bits per heavy atom. The van der Waals surface area contributed by atoms with Gasteiger partial charge >= 0.3 is 0 Å². The van der Waals surface area contributed by atoms with Crippen molar-refractivity contribution in [3.63, 3.8) is 0 Å². The Morgan fingerprint density at radius 2 is 2.04 bits per heavy atom. The molecule has 0 radical (unpaired) electrons. The molecule has 1 heterocycles. The van der Waals surface area contributed by atoms with Gasteiger partial charge in [-0.2, -0.15) is 0 Å². The fourth-order valence-electron chi connectivity index (χ4n) is 2.42. The number of aryl methyl sites for hydroxylation is 1. The highest BCUT2D eigenvalue weighted by atomic mass is 35.5. The van der Waals surface area contributed by atoms with Crippen molar-refractivity contribution >= 4 is 40.0 Å². The predicted molar refractivity (Wildman–Crippen MR) is 99.1 cm³/mol. The average molecular weight is 345 g/mol. The second-order valence-electron chi connectivity index (χ2n) is 5.37. The van der Waals surface area contributed by atoms with Crippen LogP contribution in [-0.2, 0) is 0 Å². The maximum Gasteiger partial charge on any atom is 0.182 e. The van der Waals surface area contributed by atoms with Gasteiger partial charge in [0.25, 0.3) is 0 Å². The van der Waals surface area contributed by atoms with Gasteiger partial charge in [-0.1, -0.05) is 35.5 Å². The molecule has 0 spiro atoms. The molecule has 0 fully saturated rings. The molecular formula is C18H17ClN2OS. The van der Waals surface area contributed by atoms with E-state index in [4.69, 9.17) is 11.6 Å². The van der Waals surface area contributed by atoms with Crippen LogP contribution in [0.5, 0.6) is 0 Å². The zero-order chi connectivity index (χ0) is 16.2. The molecule has 5 heteroatoms. The summed E-state index contributed by atoms with van der Waals surface area (Å²) in [5.41, 5.74) is 2.83. The number of carbonyl (C=O) groups is 1. The third kappa shape index (κ3) is 3.95. The van der Waals surface area contributed by atoms with Crippen LogP contribution < -0.4 is 4.90 Å². The van der Waals surface area contributed by atoms with Crippen molar-refractivity contribution in [1.29, 1.82) is 0 Å². The Balaban J connectivity index is 1.87. The van der Waals surface area contributed by atoms with E-state index in [0.29, 0.717) is 10.6 Å². The van der Waals surface area contributed by atoms with Crippen LogP contribution in [0.3, 0.4) is 0 Å². The molecule has 0 saturated heterocycles. The lowest BCUT2D eigenvalue weighted by Crippen LogP contribution is -2.33. The van der Waals surface area contributed by atoms with Crippen molar-refractivity contribution in [2.24, 2.45) is 4.99 Å². The smallest absolute Gasteiger partial charge is 0.182 e. The van der Waals surface area contributed by atoms with Gasteiger partial charge in [0.05, 0.1) is 13.1 Å². The van der Waals surface area contributed by atoms with E-state index in [1.807, 2.05) is 30.0 Å². The number of halogens is 1. The van der Waals surface area contributed by atoms with Gasteiger partial charge in [-0.25, -0.2) is 0 Å². The van der Waals surface area contributed by atoms with Crippen LogP contribution in [0, 0.1) is 6.92 Å². The summed E-state index contributed by atoms with van der Waals surface area (Å²) in [6, 6.07) is 15.2.